The van der Waals surface area contributed by atoms with Gasteiger partial charge in [-0.3, -0.25) is 4.79 Å². The minimum atomic E-state index is -0.0929. The number of aromatic nitrogens is 3. The van der Waals surface area contributed by atoms with Gasteiger partial charge in [0.25, 0.3) is 5.56 Å². The molecule has 1 aromatic carbocycles. The fraction of sp³-hybridized carbons (Fsp3) is 0.444. The molecule has 4 atom stereocenters. The van der Waals surface area contributed by atoms with Gasteiger partial charge >= 0.3 is 0 Å². The first-order chi connectivity index (χ1) is 16.2. The number of benzene rings is 1. The van der Waals surface area contributed by atoms with Crippen molar-refractivity contribution in [1.29, 1.82) is 0 Å². The summed E-state index contributed by atoms with van der Waals surface area (Å²) in [4.78, 5) is 11.9. The number of anilines is 1. The summed E-state index contributed by atoms with van der Waals surface area (Å²) in [6.45, 7) is 7.00. The van der Waals surface area contributed by atoms with Crippen LogP contribution in [0.1, 0.15) is 46.5 Å². The Kier molecular flexibility index (Phi) is 5.47. The Hall–Kier alpha value is -3.19. The van der Waals surface area contributed by atoms with Gasteiger partial charge < -0.3 is 20.3 Å². The van der Waals surface area contributed by atoms with Crippen molar-refractivity contribution in [3.8, 4) is 28.1 Å². The maximum absolute atomic E-state index is 11.9. The normalized spacial score (nSPS) is 28.5. The summed E-state index contributed by atoms with van der Waals surface area (Å²) in [5.74, 6) is 1.33. The molecule has 0 spiro atoms. The van der Waals surface area contributed by atoms with Crippen LogP contribution in [-0.2, 0) is 7.05 Å². The van der Waals surface area contributed by atoms with Gasteiger partial charge in [0.1, 0.15) is 11.6 Å². The highest BCUT2D eigenvalue weighted by atomic mass is 16.3. The number of nitrogens with zero attached hydrogens (tertiary/aromatic N) is 3. The number of hydrogen-bond acceptors (Lipinski definition) is 6. The number of rotatable bonds is 4. The van der Waals surface area contributed by atoms with Crippen LogP contribution in [0.25, 0.3) is 22.4 Å². The zero-order valence-electron chi connectivity index (χ0n) is 20.3. The first kappa shape index (κ1) is 22.6. The van der Waals surface area contributed by atoms with E-state index in [9.17, 15) is 9.90 Å². The number of fused-ring (bicyclic) bond motifs is 2. The van der Waals surface area contributed by atoms with Gasteiger partial charge in [-0.25, -0.2) is 0 Å². The second-order valence-corrected chi connectivity index (χ2v) is 10.6. The van der Waals surface area contributed by atoms with Crippen LogP contribution in [0.5, 0.6) is 5.75 Å². The van der Waals surface area contributed by atoms with Gasteiger partial charge in [0.15, 0.2) is 0 Å². The third kappa shape index (κ3) is 4.09. The van der Waals surface area contributed by atoms with Gasteiger partial charge in [-0.1, -0.05) is 13.0 Å². The molecule has 2 bridgehead atoms. The second-order valence-electron chi connectivity index (χ2n) is 10.6. The number of piperidine rings is 2. The number of aromatic hydroxyl groups is 1. The molecule has 0 saturated carbocycles. The van der Waals surface area contributed by atoms with Crippen molar-refractivity contribution in [3.05, 3.63) is 59.0 Å². The Morgan fingerprint density at radius 3 is 2.59 bits per heavy atom. The lowest BCUT2D eigenvalue weighted by Crippen LogP contribution is -2.69. The molecule has 2 saturated heterocycles. The lowest BCUT2D eigenvalue weighted by molar-refractivity contribution is 0.0379. The summed E-state index contributed by atoms with van der Waals surface area (Å²) in [6.07, 6.45) is 6.44. The van der Waals surface area contributed by atoms with Crippen LogP contribution in [0, 0.1) is 5.92 Å². The summed E-state index contributed by atoms with van der Waals surface area (Å²) in [6, 6.07) is 12.9. The summed E-state index contributed by atoms with van der Waals surface area (Å²) in [5, 5.41) is 27.0. The molecule has 2 aliphatic rings. The van der Waals surface area contributed by atoms with Crippen LogP contribution in [0.4, 0.5) is 5.82 Å². The lowest BCUT2D eigenvalue weighted by Gasteiger charge is -2.57. The van der Waals surface area contributed by atoms with E-state index in [0.717, 1.165) is 23.4 Å². The van der Waals surface area contributed by atoms with Gasteiger partial charge in [0.05, 0.1) is 5.69 Å². The fourth-order valence-corrected chi connectivity index (χ4v) is 5.84. The molecule has 0 radical (unpaired) electrons. The molecule has 7 heteroatoms. The minimum Gasteiger partial charge on any atom is -0.507 e. The molecule has 4 unspecified atom stereocenters. The Morgan fingerprint density at radius 1 is 1.09 bits per heavy atom. The van der Waals surface area contributed by atoms with E-state index >= 15 is 0 Å². The Labute approximate surface area is 200 Å². The molecule has 0 amide bonds. The molecule has 5 rings (SSSR count). The molecule has 178 valence electrons. The molecule has 4 heterocycles. The number of phenols is 1. The standard InChI is InChI=1S/C27H33N5O2/c1-17-22(16-26(2)11-5-12-27(17,3)31-26)28-24-9-8-21(29-30-24)20-7-6-18(14-23(20)33)19-10-13-32(4)25(34)15-19/h6-10,13-15,17,22,31,33H,5,11-12,16H2,1-4H3,(H,28,30). The fourth-order valence-electron chi connectivity index (χ4n) is 5.84. The molecule has 2 fully saturated rings. The maximum atomic E-state index is 11.9. The van der Waals surface area contributed by atoms with Crippen molar-refractivity contribution in [2.45, 2.75) is 63.6 Å². The minimum absolute atomic E-state index is 0.0929. The van der Waals surface area contributed by atoms with Crippen molar-refractivity contribution < 1.29 is 5.11 Å². The zero-order valence-corrected chi connectivity index (χ0v) is 20.3. The molecule has 7 nitrogen and oxygen atoms in total. The number of aryl methyl sites for hydroxylation is 1. The van der Waals surface area contributed by atoms with Crippen molar-refractivity contribution in [2.75, 3.05) is 5.32 Å². The van der Waals surface area contributed by atoms with Crippen LogP contribution in [0.15, 0.2) is 53.5 Å². The molecule has 3 N–H and O–H groups in total. The highest BCUT2D eigenvalue weighted by Gasteiger charge is 2.50. The number of nitrogens with one attached hydrogen (secondary N) is 2. The smallest absolute Gasteiger partial charge is 0.250 e. The van der Waals surface area contributed by atoms with Crippen LogP contribution in [-0.4, -0.2) is 37.0 Å². The Balaban J connectivity index is 1.34. The predicted molar refractivity (Wildman–Crippen MR) is 135 cm³/mol. The van der Waals surface area contributed by atoms with E-state index in [1.165, 1.54) is 23.8 Å². The predicted octanol–water partition coefficient (Wildman–Crippen LogP) is 4.33. The van der Waals surface area contributed by atoms with Crippen LogP contribution in [0.2, 0.25) is 0 Å². The number of hydrogen-bond donors (Lipinski definition) is 3. The first-order valence-corrected chi connectivity index (χ1v) is 12.1. The van der Waals surface area contributed by atoms with Gasteiger partial charge in [0.2, 0.25) is 0 Å². The van der Waals surface area contributed by atoms with Gasteiger partial charge in [-0.15, -0.1) is 10.2 Å². The highest BCUT2D eigenvalue weighted by Crippen LogP contribution is 2.44. The van der Waals surface area contributed by atoms with Crippen molar-refractivity contribution in [1.82, 2.24) is 20.1 Å². The van der Waals surface area contributed by atoms with E-state index in [2.05, 4.69) is 41.6 Å². The molecule has 0 aliphatic carbocycles. The average molecular weight is 460 g/mol. The monoisotopic (exact) mass is 459 g/mol. The third-order valence-electron chi connectivity index (χ3n) is 8.00. The lowest BCUT2D eigenvalue weighted by atomic mass is 9.64. The average Bonchev–Trinajstić information content (AvgIpc) is 2.79. The summed E-state index contributed by atoms with van der Waals surface area (Å²) in [7, 11) is 1.71. The van der Waals surface area contributed by atoms with E-state index in [1.54, 1.807) is 25.4 Å². The van der Waals surface area contributed by atoms with Crippen molar-refractivity contribution in [2.24, 2.45) is 13.0 Å². The summed E-state index contributed by atoms with van der Waals surface area (Å²) in [5.41, 5.74) is 2.94. The quantitative estimate of drug-likeness (QED) is 0.538. The maximum Gasteiger partial charge on any atom is 0.250 e. The van der Waals surface area contributed by atoms with E-state index in [-0.39, 0.29) is 22.4 Å². The van der Waals surface area contributed by atoms with Crippen molar-refractivity contribution in [3.63, 3.8) is 0 Å². The molecule has 3 aromatic rings. The molecule has 2 aromatic heterocycles. The first-order valence-electron chi connectivity index (χ1n) is 12.1. The van der Waals surface area contributed by atoms with E-state index in [1.807, 2.05) is 30.3 Å². The van der Waals surface area contributed by atoms with Gasteiger partial charge in [-0.2, -0.15) is 0 Å². The van der Waals surface area contributed by atoms with Crippen LogP contribution >= 0.6 is 0 Å². The van der Waals surface area contributed by atoms with E-state index in [0.29, 0.717) is 23.2 Å². The highest BCUT2D eigenvalue weighted by molar-refractivity contribution is 5.74. The van der Waals surface area contributed by atoms with Crippen LogP contribution in [0.3, 0.4) is 0 Å². The SMILES string of the molecule is CC1C(Nc2ccc(-c3ccc(-c4ccn(C)c(=O)c4)cc3O)nn2)CC2(C)CCCC1(C)N2. The Bertz CT molecular complexity index is 1270. The van der Waals surface area contributed by atoms with E-state index < -0.39 is 0 Å². The number of pyridine rings is 1. The molecular weight excluding hydrogens is 426 g/mol. The molecule has 34 heavy (non-hydrogen) atoms. The summed E-state index contributed by atoms with van der Waals surface area (Å²) < 4.78 is 1.51. The van der Waals surface area contributed by atoms with Gasteiger partial charge in [-0.05, 0) is 86.9 Å². The summed E-state index contributed by atoms with van der Waals surface area (Å²) >= 11 is 0. The second kappa shape index (κ2) is 8.24. The van der Waals surface area contributed by atoms with E-state index in [4.69, 9.17) is 0 Å². The van der Waals surface area contributed by atoms with Crippen LogP contribution < -0.4 is 16.2 Å². The molecular formula is C27H33N5O2. The Morgan fingerprint density at radius 2 is 1.88 bits per heavy atom. The number of phenolic OH excluding ortho intramolecular Hbond substituents is 1. The largest absolute Gasteiger partial charge is 0.507 e. The molecule has 2 aliphatic heterocycles. The topological polar surface area (TPSA) is 92.1 Å². The van der Waals surface area contributed by atoms with Gasteiger partial charge in [0, 0.05) is 42.0 Å². The zero-order chi connectivity index (χ0) is 24.1. The van der Waals surface area contributed by atoms with Crippen molar-refractivity contribution >= 4 is 5.82 Å². The third-order valence-corrected chi connectivity index (χ3v) is 8.00.